The molecule has 0 radical (unpaired) electrons. The van der Waals surface area contributed by atoms with Crippen molar-refractivity contribution in [1.29, 1.82) is 0 Å². The van der Waals surface area contributed by atoms with Gasteiger partial charge in [0.2, 0.25) is 0 Å². The molecule has 1 atom stereocenters. The molecular formula is C25H50O2. The van der Waals surface area contributed by atoms with Gasteiger partial charge in [-0.15, -0.1) is 0 Å². The van der Waals surface area contributed by atoms with E-state index in [0.29, 0.717) is 18.0 Å². The second-order valence-electron chi connectivity index (χ2n) is 9.70. The van der Waals surface area contributed by atoms with Crippen LogP contribution in [0, 0.1) is 5.41 Å². The predicted octanol–water partition coefficient (Wildman–Crippen LogP) is 8.27. The number of carbonyl (C=O) groups excluding carboxylic acids is 1. The van der Waals surface area contributed by atoms with Crippen molar-refractivity contribution in [2.45, 2.75) is 150 Å². The number of Topliss-reactive ketones (excluding diaryl/α,β-unsaturated/α-hetero) is 1. The summed E-state index contributed by atoms with van der Waals surface area (Å²) < 4.78 is 6.12. The number of rotatable bonds is 18. The lowest BCUT2D eigenvalue weighted by molar-refractivity contribution is -0.126. The standard InChI is InChI=1S/C25H50O2/c1-7-8-9-16-19-23(27-22(2)3)20-17-14-12-10-11-13-15-18-21-24(26)25(4,5)6/h22-23H,7-21H2,1-6H3. The van der Waals surface area contributed by atoms with Crippen molar-refractivity contribution < 1.29 is 9.53 Å². The van der Waals surface area contributed by atoms with E-state index >= 15 is 0 Å². The molecule has 0 aliphatic rings. The Balaban J connectivity index is 3.59. The molecule has 0 amide bonds. The van der Waals surface area contributed by atoms with Crippen molar-refractivity contribution in [2.75, 3.05) is 0 Å². The Morgan fingerprint density at radius 1 is 0.741 bits per heavy atom. The summed E-state index contributed by atoms with van der Waals surface area (Å²) in [5, 5.41) is 0. The van der Waals surface area contributed by atoms with Crippen molar-refractivity contribution in [1.82, 2.24) is 0 Å². The van der Waals surface area contributed by atoms with Gasteiger partial charge in [0.1, 0.15) is 5.78 Å². The average molecular weight is 383 g/mol. The Morgan fingerprint density at radius 3 is 1.63 bits per heavy atom. The summed E-state index contributed by atoms with van der Waals surface area (Å²) in [6, 6.07) is 0. The van der Waals surface area contributed by atoms with Crippen LogP contribution in [0.15, 0.2) is 0 Å². The Kier molecular flexibility index (Phi) is 16.3. The number of hydrogen-bond donors (Lipinski definition) is 0. The molecule has 0 aromatic carbocycles. The quantitative estimate of drug-likeness (QED) is 0.223. The fraction of sp³-hybridized carbons (Fsp3) is 0.960. The molecule has 0 aliphatic heterocycles. The summed E-state index contributed by atoms with van der Waals surface area (Å²) in [7, 11) is 0. The molecule has 0 rings (SSSR count). The van der Waals surface area contributed by atoms with E-state index in [1.54, 1.807) is 0 Å². The zero-order chi connectivity index (χ0) is 20.5. The van der Waals surface area contributed by atoms with Crippen LogP contribution in [0.25, 0.3) is 0 Å². The van der Waals surface area contributed by atoms with Gasteiger partial charge in [0.25, 0.3) is 0 Å². The summed E-state index contributed by atoms with van der Waals surface area (Å²) >= 11 is 0. The third kappa shape index (κ3) is 17.5. The van der Waals surface area contributed by atoms with Crippen molar-refractivity contribution in [3.05, 3.63) is 0 Å². The van der Waals surface area contributed by atoms with Crippen LogP contribution in [0.5, 0.6) is 0 Å². The van der Waals surface area contributed by atoms with Crippen LogP contribution >= 0.6 is 0 Å². The van der Waals surface area contributed by atoms with E-state index in [4.69, 9.17) is 4.74 Å². The largest absolute Gasteiger partial charge is 0.376 e. The first-order valence-electron chi connectivity index (χ1n) is 12.0. The zero-order valence-corrected chi connectivity index (χ0v) is 19.6. The van der Waals surface area contributed by atoms with Gasteiger partial charge in [0.05, 0.1) is 12.2 Å². The van der Waals surface area contributed by atoms with E-state index in [-0.39, 0.29) is 5.41 Å². The van der Waals surface area contributed by atoms with Crippen LogP contribution in [-0.2, 0) is 9.53 Å². The second-order valence-corrected chi connectivity index (χ2v) is 9.70. The number of hydrogen-bond acceptors (Lipinski definition) is 2. The summed E-state index contributed by atoms with van der Waals surface area (Å²) in [5.41, 5.74) is -0.160. The highest BCUT2D eigenvalue weighted by Gasteiger charge is 2.19. The topological polar surface area (TPSA) is 26.3 Å². The number of ether oxygens (including phenoxy) is 1. The molecule has 0 saturated heterocycles. The van der Waals surface area contributed by atoms with Gasteiger partial charge in [-0.25, -0.2) is 0 Å². The molecule has 0 heterocycles. The highest BCUT2D eigenvalue weighted by Crippen LogP contribution is 2.20. The van der Waals surface area contributed by atoms with Gasteiger partial charge in [0, 0.05) is 11.8 Å². The molecule has 0 spiro atoms. The van der Waals surface area contributed by atoms with Crippen LogP contribution in [0.2, 0.25) is 0 Å². The van der Waals surface area contributed by atoms with E-state index in [0.717, 1.165) is 12.8 Å². The number of ketones is 1. The van der Waals surface area contributed by atoms with Crippen LogP contribution < -0.4 is 0 Å². The fourth-order valence-electron chi connectivity index (χ4n) is 3.56. The Bertz CT molecular complexity index is 341. The smallest absolute Gasteiger partial charge is 0.138 e. The molecule has 0 fully saturated rings. The predicted molar refractivity (Wildman–Crippen MR) is 119 cm³/mol. The number of carbonyl (C=O) groups is 1. The van der Waals surface area contributed by atoms with Crippen LogP contribution in [0.3, 0.4) is 0 Å². The molecule has 0 aromatic heterocycles. The molecule has 0 aromatic rings. The van der Waals surface area contributed by atoms with Crippen molar-refractivity contribution in [3.8, 4) is 0 Å². The highest BCUT2D eigenvalue weighted by atomic mass is 16.5. The summed E-state index contributed by atoms with van der Waals surface area (Å²) in [4.78, 5) is 11.9. The molecule has 0 N–H and O–H groups in total. The SMILES string of the molecule is CCCCCCC(CCCCCCCCCCC(=O)C(C)(C)C)OC(C)C. The lowest BCUT2D eigenvalue weighted by atomic mass is 9.88. The molecule has 2 nitrogen and oxygen atoms in total. The monoisotopic (exact) mass is 382 g/mol. The first kappa shape index (κ1) is 26.6. The van der Waals surface area contributed by atoms with E-state index in [9.17, 15) is 4.79 Å². The third-order valence-corrected chi connectivity index (χ3v) is 5.36. The maximum absolute atomic E-state index is 11.9. The van der Waals surface area contributed by atoms with E-state index < -0.39 is 0 Å². The third-order valence-electron chi connectivity index (χ3n) is 5.36. The Hall–Kier alpha value is -0.370. The summed E-state index contributed by atoms with van der Waals surface area (Å²) in [6.07, 6.45) is 19.7. The van der Waals surface area contributed by atoms with Gasteiger partial charge in [-0.3, -0.25) is 4.79 Å². The Labute approximate surface area is 171 Å². The van der Waals surface area contributed by atoms with E-state index in [1.165, 1.54) is 83.5 Å². The molecule has 2 heteroatoms. The summed E-state index contributed by atoms with van der Waals surface area (Å²) in [6.45, 7) is 12.7. The average Bonchev–Trinajstić information content (AvgIpc) is 2.58. The highest BCUT2D eigenvalue weighted by molar-refractivity contribution is 5.83. The Morgan fingerprint density at radius 2 is 1.19 bits per heavy atom. The van der Waals surface area contributed by atoms with Crippen molar-refractivity contribution >= 4 is 5.78 Å². The fourth-order valence-corrected chi connectivity index (χ4v) is 3.56. The summed E-state index contributed by atoms with van der Waals surface area (Å²) in [5.74, 6) is 0.412. The first-order valence-corrected chi connectivity index (χ1v) is 12.0. The molecule has 162 valence electrons. The van der Waals surface area contributed by atoms with Crippen LogP contribution in [0.1, 0.15) is 138 Å². The minimum absolute atomic E-state index is 0.160. The molecule has 0 saturated carbocycles. The van der Waals surface area contributed by atoms with Gasteiger partial charge in [-0.05, 0) is 33.1 Å². The van der Waals surface area contributed by atoms with Gasteiger partial charge in [0.15, 0.2) is 0 Å². The zero-order valence-electron chi connectivity index (χ0n) is 19.6. The first-order chi connectivity index (χ1) is 12.8. The molecule has 0 aliphatic carbocycles. The van der Waals surface area contributed by atoms with Gasteiger partial charge >= 0.3 is 0 Å². The van der Waals surface area contributed by atoms with Gasteiger partial charge < -0.3 is 4.74 Å². The molecule has 1 unspecified atom stereocenters. The van der Waals surface area contributed by atoms with Gasteiger partial charge in [-0.1, -0.05) is 98.3 Å². The minimum atomic E-state index is -0.160. The lowest BCUT2D eigenvalue weighted by Gasteiger charge is -2.20. The van der Waals surface area contributed by atoms with Crippen LogP contribution in [-0.4, -0.2) is 18.0 Å². The minimum Gasteiger partial charge on any atom is -0.376 e. The van der Waals surface area contributed by atoms with Crippen molar-refractivity contribution in [2.24, 2.45) is 5.41 Å². The second kappa shape index (κ2) is 16.6. The molecular weight excluding hydrogens is 332 g/mol. The van der Waals surface area contributed by atoms with Crippen molar-refractivity contribution in [3.63, 3.8) is 0 Å². The van der Waals surface area contributed by atoms with Gasteiger partial charge in [-0.2, -0.15) is 0 Å². The van der Waals surface area contributed by atoms with E-state index in [2.05, 4.69) is 20.8 Å². The number of unbranched alkanes of at least 4 members (excludes halogenated alkanes) is 10. The molecule has 27 heavy (non-hydrogen) atoms. The van der Waals surface area contributed by atoms with E-state index in [1.807, 2.05) is 20.8 Å². The maximum atomic E-state index is 11.9. The molecule has 0 bridgehead atoms. The van der Waals surface area contributed by atoms with Crippen LogP contribution in [0.4, 0.5) is 0 Å². The normalized spacial score (nSPS) is 13.3. The lowest BCUT2D eigenvalue weighted by Crippen LogP contribution is -2.19. The maximum Gasteiger partial charge on any atom is 0.138 e.